The average Bonchev–Trinajstić information content (AvgIpc) is 2.44. The van der Waals surface area contributed by atoms with Crippen molar-refractivity contribution in [2.75, 3.05) is 0 Å². The van der Waals surface area contributed by atoms with Crippen LogP contribution < -0.4 is 0 Å². The van der Waals surface area contributed by atoms with E-state index in [1.54, 1.807) is 12.1 Å². The number of rotatable bonds is 11. The van der Waals surface area contributed by atoms with Crippen LogP contribution in [0, 0.1) is 11.7 Å². The summed E-state index contributed by atoms with van der Waals surface area (Å²) in [7, 11) is 0. The molecule has 0 fully saturated rings. The molecular weight excluding hydrogens is 283 g/mol. The average molecular weight is 312 g/mol. The molecule has 0 spiro atoms. The van der Waals surface area contributed by atoms with Gasteiger partial charge in [-0.25, -0.2) is 4.39 Å². The van der Waals surface area contributed by atoms with Gasteiger partial charge >= 0.3 is 0 Å². The number of hydrogen-bond donors (Lipinski definition) is 3. The molecule has 0 aliphatic rings. The minimum absolute atomic E-state index is 0.298. The molecule has 0 radical (unpaired) electrons. The predicted molar refractivity (Wildman–Crippen MR) is 85.6 cm³/mol. The number of aliphatic hydroxyl groups is 3. The molecule has 22 heavy (non-hydrogen) atoms. The lowest BCUT2D eigenvalue weighted by molar-refractivity contribution is -0.343. The summed E-state index contributed by atoms with van der Waals surface area (Å²) < 4.78 is 13.1. The maximum atomic E-state index is 13.1. The van der Waals surface area contributed by atoms with Crippen LogP contribution >= 0.6 is 0 Å². The molecule has 0 saturated carbocycles. The minimum atomic E-state index is -2.66. The zero-order valence-electron chi connectivity index (χ0n) is 13.5. The Morgan fingerprint density at radius 2 is 1.68 bits per heavy atom. The summed E-state index contributed by atoms with van der Waals surface area (Å²) in [5, 5.41) is 28.5. The molecule has 0 saturated heterocycles. The van der Waals surface area contributed by atoms with Crippen LogP contribution in [0.4, 0.5) is 4.39 Å². The Morgan fingerprint density at radius 3 is 2.32 bits per heavy atom. The molecular formula is C18H29FO3. The first-order valence-electron chi connectivity index (χ1n) is 8.35. The standard InChI is InChI=1S/C18H29FO3/c1-2-3-4-5-6-7-10-16(18(20,21)22)13-12-15-9-8-11-17(19)14-15/h8-9,11,14,16,20-22H,2-7,10,12-13H2,1H3. The number of benzene rings is 1. The van der Waals surface area contributed by atoms with Gasteiger partial charge in [0.25, 0.3) is 5.97 Å². The Balaban J connectivity index is 2.38. The van der Waals surface area contributed by atoms with Crippen molar-refractivity contribution in [3.63, 3.8) is 0 Å². The van der Waals surface area contributed by atoms with Gasteiger partial charge in [-0.05, 0) is 37.0 Å². The lowest BCUT2D eigenvalue weighted by Gasteiger charge is -2.26. The zero-order valence-corrected chi connectivity index (χ0v) is 13.5. The van der Waals surface area contributed by atoms with Crippen LogP contribution in [0.15, 0.2) is 24.3 Å². The Labute approximate surface area is 132 Å². The van der Waals surface area contributed by atoms with Crippen molar-refractivity contribution in [2.24, 2.45) is 5.92 Å². The number of aryl methyl sites for hydroxylation is 1. The highest BCUT2D eigenvalue weighted by molar-refractivity contribution is 5.16. The maximum absolute atomic E-state index is 13.1. The van der Waals surface area contributed by atoms with E-state index >= 15 is 0 Å². The van der Waals surface area contributed by atoms with E-state index in [1.165, 1.54) is 31.4 Å². The van der Waals surface area contributed by atoms with Crippen molar-refractivity contribution in [3.05, 3.63) is 35.6 Å². The van der Waals surface area contributed by atoms with Gasteiger partial charge < -0.3 is 15.3 Å². The third-order valence-electron chi connectivity index (χ3n) is 4.12. The highest BCUT2D eigenvalue weighted by Gasteiger charge is 2.31. The van der Waals surface area contributed by atoms with Crippen molar-refractivity contribution in [2.45, 2.75) is 70.7 Å². The van der Waals surface area contributed by atoms with Crippen molar-refractivity contribution in [3.8, 4) is 0 Å². The molecule has 1 aromatic rings. The van der Waals surface area contributed by atoms with Gasteiger partial charge in [0, 0.05) is 5.92 Å². The summed E-state index contributed by atoms with van der Waals surface area (Å²) in [6.45, 7) is 2.17. The molecule has 0 aromatic heterocycles. The maximum Gasteiger partial charge on any atom is 0.278 e. The van der Waals surface area contributed by atoms with Gasteiger partial charge in [0.05, 0.1) is 0 Å². The van der Waals surface area contributed by atoms with Crippen molar-refractivity contribution >= 4 is 0 Å². The van der Waals surface area contributed by atoms with Gasteiger partial charge in [0.15, 0.2) is 0 Å². The molecule has 1 rings (SSSR count). The second-order valence-corrected chi connectivity index (χ2v) is 6.11. The van der Waals surface area contributed by atoms with Crippen LogP contribution in [0.1, 0.15) is 63.9 Å². The van der Waals surface area contributed by atoms with Gasteiger partial charge in [-0.15, -0.1) is 0 Å². The van der Waals surface area contributed by atoms with Crippen molar-refractivity contribution in [1.82, 2.24) is 0 Å². The number of hydrogen-bond acceptors (Lipinski definition) is 3. The third kappa shape index (κ3) is 7.87. The highest BCUT2D eigenvalue weighted by atomic mass is 19.1. The molecule has 0 bridgehead atoms. The number of halogens is 1. The second kappa shape index (κ2) is 9.93. The van der Waals surface area contributed by atoms with Gasteiger partial charge in [0.2, 0.25) is 0 Å². The van der Waals surface area contributed by atoms with E-state index in [0.717, 1.165) is 24.8 Å². The first-order valence-corrected chi connectivity index (χ1v) is 8.35. The van der Waals surface area contributed by atoms with Crippen LogP contribution in [0.25, 0.3) is 0 Å². The minimum Gasteiger partial charge on any atom is -0.343 e. The molecule has 126 valence electrons. The van der Waals surface area contributed by atoms with Gasteiger partial charge in [-0.2, -0.15) is 0 Å². The fourth-order valence-corrected chi connectivity index (χ4v) is 2.74. The molecule has 0 heterocycles. The van der Waals surface area contributed by atoms with Gasteiger partial charge in [0.1, 0.15) is 5.82 Å². The molecule has 0 amide bonds. The molecule has 1 aromatic carbocycles. The van der Waals surface area contributed by atoms with Crippen LogP contribution in [0.2, 0.25) is 0 Å². The Morgan fingerprint density at radius 1 is 1.00 bits per heavy atom. The van der Waals surface area contributed by atoms with E-state index in [2.05, 4.69) is 6.92 Å². The second-order valence-electron chi connectivity index (χ2n) is 6.11. The first kappa shape index (κ1) is 19.1. The SMILES string of the molecule is CCCCCCCCC(CCc1cccc(F)c1)C(O)(O)O. The van der Waals surface area contributed by atoms with Gasteiger partial charge in [-0.3, -0.25) is 0 Å². The molecule has 0 aliphatic carbocycles. The first-order chi connectivity index (χ1) is 10.4. The Hall–Kier alpha value is -0.970. The summed E-state index contributed by atoms with van der Waals surface area (Å²) in [4.78, 5) is 0. The predicted octanol–water partition coefficient (Wildman–Crippen LogP) is 3.76. The largest absolute Gasteiger partial charge is 0.343 e. The van der Waals surface area contributed by atoms with E-state index in [4.69, 9.17) is 0 Å². The summed E-state index contributed by atoms with van der Waals surface area (Å²) >= 11 is 0. The summed E-state index contributed by atoms with van der Waals surface area (Å²) in [5.74, 6) is -3.56. The van der Waals surface area contributed by atoms with Gasteiger partial charge in [-0.1, -0.05) is 57.6 Å². The van der Waals surface area contributed by atoms with E-state index in [9.17, 15) is 19.7 Å². The lowest BCUT2D eigenvalue weighted by Crippen LogP contribution is -2.37. The van der Waals surface area contributed by atoms with Crippen LogP contribution in [0.5, 0.6) is 0 Å². The molecule has 0 aliphatic heterocycles. The normalized spacial score (nSPS) is 13.3. The molecule has 4 heteroatoms. The topological polar surface area (TPSA) is 60.7 Å². The summed E-state index contributed by atoms with van der Waals surface area (Å²) in [6.07, 6.45) is 8.16. The molecule has 3 nitrogen and oxygen atoms in total. The zero-order chi connectivity index (χ0) is 16.4. The van der Waals surface area contributed by atoms with E-state index < -0.39 is 11.9 Å². The lowest BCUT2D eigenvalue weighted by atomic mass is 9.91. The van der Waals surface area contributed by atoms with Crippen LogP contribution in [-0.2, 0) is 6.42 Å². The molecule has 1 unspecified atom stereocenters. The van der Waals surface area contributed by atoms with E-state index in [-0.39, 0.29) is 5.82 Å². The molecule has 3 N–H and O–H groups in total. The van der Waals surface area contributed by atoms with Crippen LogP contribution in [-0.4, -0.2) is 21.3 Å². The Kier molecular flexibility index (Phi) is 8.61. The molecule has 1 atom stereocenters. The fourth-order valence-electron chi connectivity index (χ4n) is 2.74. The van der Waals surface area contributed by atoms with E-state index in [1.807, 2.05) is 0 Å². The van der Waals surface area contributed by atoms with Crippen LogP contribution in [0.3, 0.4) is 0 Å². The monoisotopic (exact) mass is 312 g/mol. The highest BCUT2D eigenvalue weighted by Crippen LogP contribution is 2.25. The third-order valence-corrected chi connectivity index (χ3v) is 4.12. The quantitative estimate of drug-likeness (QED) is 0.431. The number of unbranched alkanes of at least 4 members (excludes halogenated alkanes) is 5. The van der Waals surface area contributed by atoms with E-state index in [0.29, 0.717) is 19.3 Å². The van der Waals surface area contributed by atoms with Crippen molar-refractivity contribution in [1.29, 1.82) is 0 Å². The van der Waals surface area contributed by atoms with Crippen molar-refractivity contribution < 1.29 is 19.7 Å². The Bertz CT molecular complexity index is 415. The fraction of sp³-hybridized carbons (Fsp3) is 0.667. The summed E-state index contributed by atoms with van der Waals surface area (Å²) in [6, 6.07) is 6.26. The summed E-state index contributed by atoms with van der Waals surface area (Å²) in [5.41, 5.74) is 0.803. The smallest absolute Gasteiger partial charge is 0.278 e.